The molecule has 1 aromatic rings. The van der Waals surface area contributed by atoms with E-state index in [0.29, 0.717) is 0 Å². The highest BCUT2D eigenvalue weighted by Crippen LogP contribution is 2.30. The predicted octanol–water partition coefficient (Wildman–Crippen LogP) is 2.19. The Hall–Kier alpha value is -1.05. The van der Waals surface area contributed by atoms with Gasteiger partial charge in [-0.25, -0.2) is 4.98 Å². The van der Waals surface area contributed by atoms with E-state index in [1.165, 1.54) is 29.7 Å². The molecule has 0 aromatic carbocycles. The highest BCUT2D eigenvalue weighted by Gasteiger charge is 2.21. The lowest BCUT2D eigenvalue weighted by Crippen LogP contribution is -2.12. The van der Waals surface area contributed by atoms with Crippen LogP contribution in [0.25, 0.3) is 0 Å². The third-order valence-corrected chi connectivity index (χ3v) is 2.99. The Morgan fingerprint density at radius 1 is 1.36 bits per heavy atom. The molecule has 2 rings (SSSR count). The van der Waals surface area contributed by atoms with Gasteiger partial charge in [-0.05, 0) is 42.9 Å². The minimum Gasteiger partial charge on any atom is -0.363 e. The number of fused-ring (bicyclic) bond motifs is 1. The zero-order valence-corrected chi connectivity index (χ0v) is 9.46. The molecule has 1 heterocycles. The van der Waals surface area contributed by atoms with Gasteiger partial charge in [-0.3, -0.25) is 0 Å². The van der Waals surface area contributed by atoms with E-state index < -0.39 is 0 Å². The zero-order valence-electron chi connectivity index (χ0n) is 9.46. The normalized spacial score (nSPS) is 19.6. The fourth-order valence-electron chi connectivity index (χ4n) is 2.23. The summed E-state index contributed by atoms with van der Waals surface area (Å²) >= 11 is 0. The summed E-state index contributed by atoms with van der Waals surface area (Å²) < 4.78 is 0. The van der Waals surface area contributed by atoms with Crippen molar-refractivity contribution < 1.29 is 0 Å². The quantitative estimate of drug-likeness (QED) is 0.675. The fraction of sp³-hybridized carbons (Fsp3) is 0.583. The largest absolute Gasteiger partial charge is 0.363 e. The van der Waals surface area contributed by atoms with Gasteiger partial charge in [-0.1, -0.05) is 6.92 Å². The fourth-order valence-corrected chi connectivity index (χ4v) is 2.23. The van der Waals surface area contributed by atoms with Crippen LogP contribution in [0.4, 0.5) is 5.82 Å². The lowest BCUT2D eigenvalue weighted by Gasteiger charge is -2.14. The van der Waals surface area contributed by atoms with Gasteiger partial charge in [0.15, 0.2) is 0 Å². The molecule has 1 aliphatic rings. The van der Waals surface area contributed by atoms with E-state index in [2.05, 4.69) is 29.8 Å². The molecule has 76 valence electrons. The van der Waals surface area contributed by atoms with Gasteiger partial charge in [0.1, 0.15) is 5.82 Å². The summed E-state index contributed by atoms with van der Waals surface area (Å²) in [7, 11) is 4.10. The smallest absolute Gasteiger partial charge is 0.128 e. The summed E-state index contributed by atoms with van der Waals surface area (Å²) in [6.45, 7) is 4.44. The van der Waals surface area contributed by atoms with Crippen molar-refractivity contribution in [2.75, 3.05) is 19.0 Å². The lowest BCUT2D eigenvalue weighted by molar-refractivity contribution is 0.626. The number of nitrogens with zero attached hydrogens (tertiary/aromatic N) is 2. The lowest BCUT2D eigenvalue weighted by atomic mass is 10.1. The van der Waals surface area contributed by atoms with Crippen molar-refractivity contribution in [1.29, 1.82) is 0 Å². The van der Waals surface area contributed by atoms with E-state index in [0.717, 1.165) is 11.7 Å². The van der Waals surface area contributed by atoms with Gasteiger partial charge in [-0.2, -0.15) is 0 Å². The summed E-state index contributed by atoms with van der Waals surface area (Å²) in [5.74, 6) is 1.89. The molecule has 0 bridgehead atoms. The maximum Gasteiger partial charge on any atom is 0.128 e. The Morgan fingerprint density at radius 3 is 2.71 bits per heavy atom. The molecule has 0 fully saturated rings. The molecule has 14 heavy (non-hydrogen) atoms. The Bertz CT molecular complexity index is 356. The van der Waals surface area contributed by atoms with Crippen molar-refractivity contribution in [3.05, 3.63) is 22.9 Å². The van der Waals surface area contributed by atoms with Crippen LogP contribution < -0.4 is 4.90 Å². The van der Waals surface area contributed by atoms with Crippen LogP contribution in [0.3, 0.4) is 0 Å². The van der Waals surface area contributed by atoms with Gasteiger partial charge < -0.3 is 4.90 Å². The Kier molecular flexibility index (Phi) is 2.22. The van der Waals surface area contributed by atoms with E-state index in [4.69, 9.17) is 0 Å². The van der Waals surface area contributed by atoms with Crippen LogP contribution in [-0.4, -0.2) is 19.1 Å². The Balaban J connectivity index is 2.46. The molecule has 1 atom stereocenters. The minimum absolute atomic E-state index is 0.794. The average molecular weight is 190 g/mol. The molecule has 2 nitrogen and oxygen atoms in total. The van der Waals surface area contributed by atoms with E-state index in [-0.39, 0.29) is 0 Å². The monoisotopic (exact) mass is 190 g/mol. The first kappa shape index (κ1) is 9.50. The number of pyridine rings is 1. The second kappa shape index (κ2) is 3.26. The number of hydrogen-bond donors (Lipinski definition) is 0. The van der Waals surface area contributed by atoms with Crippen LogP contribution in [0, 0.1) is 12.8 Å². The van der Waals surface area contributed by atoms with Gasteiger partial charge in [0, 0.05) is 19.8 Å². The summed E-state index contributed by atoms with van der Waals surface area (Å²) in [4.78, 5) is 6.68. The molecular weight excluding hydrogens is 172 g/mol. The van der Waals surface area contributed by atoms with Crippen molar-refractivity contribution in [3.8, 4) is 0 Å². The summed E-state index contributed by atoms with van der Waals surface area (Å²) in [5.41, 5.74) is 4.22. The van der Waals surface area contributed by atoms with Crippen LogP contribution in [0.1, 0.15) is 23.7 Å². The van der Waals surface area contributed by atoms with Crippen LogP contribution in [-0.2, 0) is 12.8 Å². The standard InChI is InChI=1S/C12H18N2/c1-8-5-10-7-12(14(3)4)13-9(2)11(10)6-8/h7-8H,5-6H2,1-4H3. The van der Waals surface area contributed by atoms with Crippen LogP contribution >= 0.6 is 0 Å². The van der Waals surface area contributed by atoms with Crippen molar-refractivity contribution >= 4 is 5.82 Å². The summed E-state index contributed by atoms with van der Waals surface area (Å²) in [5, 5.41) is 0. The summed E-state index contributed by atoms with van der Waals surface area (Å²) in [6, 6.07) is 2.24. The Labute approximate surface area is 86.0 Å². The van der Waals surface area contributed by atoms with Gasteiger partial charge in [0.05, 0.1) is 0 Å². The van der Waals surface area contributed by atoms with Crippen molar-refractivity contribution in [3.63, 3.8) is 0 Å². The third kappa shape index (κ3) is 1.49. The molecule has 0 saturated heterocycles. The highest BCUT2D eigenvalue weighted by atomic mass is 15.1. The van der Waals surface area contributed by atoms with E-state index in [1.54, 1.807) is 0 Å². The molecule has 1 aliphatic carbocycles. The first-order valence-electron chi connectivity index (χ1n) is 5.24. The minimum atomic E-state index is 0.794. The first-order valence-corrected chi connectivity index (χ1v) is 5.24. The van der Waals surface area contributed by atoms with Crippen molar-refractivity contribution in [2.24, 2.45) is 5.92 Å². The van der Waals surface area contributed by atoms with Gasteiger partial charge in [0.25, 0.3) is 0 Å². The van der Waals surface area contributed by atoms with Crippen molar-refractivity contribution in [1.82, 2.24) is 4.98 Å². The van der Waals surface area contributed by atoms with Crippen LogP contribution in [0.5, 0.6) is 0 Å². The van der Waals surface area contributed by atoms with Gasteiger partial charge >= 0.3 is 0 Å². The Morgan fingerprint density at radius 2 is 2.07 bits per heavy atom. The number of aryl methyl sites for hydroxylation is 1. The molecule has 0 spiro atoms. The SMILES string of the molecule is Cc1nc(N(C)C)cc2c1CC(C)C2. The molecule has 1 unspecified atom stereocenters. The molecule has 0 amide bonds. The number of hydrogen-bond acceptors (Lipinski definition) is 2. The third-order valence-electron chi connectivity index (χ3n) is 2.99. The van der Waals surface area contributed by atoms with E-state index >= 15 is 0 Å². The number of rotatable bonds is 1. The molecule has 0 aliphatic heterocycles. The highest BCUT2D eigenvalue weighted by molar-refractivity contribution is 5.47. The molecule has 0 radical (unpaired) electrons. The van der Waals surface area contributed by atoms with Gasteiger partial charge in [0.2, 0.25) is 0 Å². The van der Waals surface area contributed by atoms with Crippen LogP contribution in [0.15, 0.2) is 6.07 Å². The topological polar surface area (TPSA) is 16.1 Å². The van der Waals surface area contributed by atoms with Crippen molar-refractivity contribution in [2.45, 2.75) is 26.7 Å². The first-order chi connectivity index (χ1) is 6.58. The van der Waals surface area contributed by atoms with E-state index in [1.807, 2.05) is 14.1 Å². The molecule has 1 aromatic heterocycles. The van der Waals surface area contributed by atoms with Gasteiger partial charge in [-0.15, -0.1) is 0 Å². The second-order valence-electron chi connectivity index (χ2n) is 4.61. The maximum atomic E-state index is 4.60. The molecular formula is C12H18N2. The zero-order chi connectivity index (χ0) is 10.3. The van der Waals surface area contributed by atoms with Crippen LogP contribution in [0.2, 0.25) is 0 Å². The predicted molar refractivity (Wildman–Crippen MR) is 59.9 cm³/mol. The number of aromatic nitrogens is 1. The molecule has 0 N–H and O–H groups in total. The second-order valence-corrected chi connectivity index (χ2v) is 4.61. The molecule has 2 heteroatoms. The van der Waals surface area contributed by atoms with E-state index in [9.17, 15) is 0 Å². The number of anilines is 1. The molecule has 0 saturated carbocycles. The maximum absolute atomic E-state index is 4.60. The summed E-state index contributed by atoms with van der Waals surface area (Å²) in [6.07, 6.45) is 2.43. The average Bonchev–Trinajstić information content (AvgIpc) is 2.45.